The second-order valence-corrected chi connectivity index (χ2v) is 5.72. The van der Waals surface area contributed by atoms with Crippen LogP contribution in [-0.2, 0) is 11.3 Å². The highest BCUT2D eigenvalue weighted by Gasteiger charge is 2.38. The zero-order valence-electron chi connectivity index (χ0n) is 12.6. The number of ether oxygens (including phenoxy) is 1. The van der Waals surface area contributed by atoms with E-state index in [2.05, 4.69) is 40.1 Å². The molecule has 1 aromatic heterocycles. The molecule has 19 heavy (non-hydrogen) atoms. The molecule has 1 aromatic rings. The van der Waals surface area contributed by atoms with Crippen LogP contribution in [0.1, 0.15) is 25.0 Å². The lowest BCUT2D eigenvalue weighted by molar-refractivity contribution is 0.0736. The largest absolute Gasteiger partial charge is 0.383 e. The fourth-order valence-corrected chi connectivity index (χ4v) is 2.66. The van der Waals surface area contributed by atoms with Crippen molar-refractivity contribution in [1.29, 1.82) is 0 Å². The van der Waals surface area contributed by atoms with Crippen molar-refractivity contribution >= 4 is 5.95 Å². The molecule has 0 aliphatic heterocycles. The van der Waals surface area contributed by atoms with E-state index in [-0.39, 0.29) is 0 Å². The minimum absolute atomic E-state index is 0.311. The molecule has 0 bridgehead atoms. The highest BCUT2D eigenvalue weighted by atomic mass is 16.5. The van der Waals surface area contributed by atoms with Gasteiger partial charge in [0, 0.05) is 31.9 Å². The molecular formula is C14H26N4O. The normalized spacial score (nSPS) is 17.5. The van der Waals surface area contributed by atoms with E-state index >= 15 is 0 Å². The third-order valence-corrected chi connectivity index (χ3v) is 4.24. The van der Waals surface area contributed by atoms with Crippen molar-refractivity contribution in [1.82, 2.24) is 14.5 Å². The van der Waals surface area contributed by atoms with Crippen LogP contribution in [0.3, 0.4) is 0 Å². The Morgan fingerprint density at radius 1 is 1.47 bits per heavy atom. The highest BCUT2D eigenvalue weighted by Crippen LogP contribution is 2.36. The molecule has 0 amide bonds. The fourth-order valence-electron chi connectivity index (χ4n) is 2.66. The van der Waals surface area contributed by atoms with Gasteiger partial charge in [-0.25, -0.2) is 4.98 Å². The molecule has 0 spiro atoms. The van der Waals surface area contributed by atoms with Gasteiger partial charge in [0.05, 0.1) is 12.3 Å². The van der Waals surface area contributed by atoms with E-state index in [0.717, 1.165) is 24.7 Å². The lowest BCUT2D eigenvalue weighted by Crippen LogP contribution is -2.54. The van der Waals surface area contributed by atoms with Crippen molar-refractivity contribution in [2.75, 3.05) is 39.7 Å². The van der Waals surface area contributed by atoms with Gasteiger partial charge in [-0.2, -0.15) is 0 Å². The van der Waals surface area contributed by atoms with Crippen LogP contribution in [0.15, 0.2) is 6.20 Å². The van der Waals surface area contributed by atoms with Crippen LogP contribution in [-0.4, -0.2) is 54.3 Å². The highest BCUT2D eigenvalue weighted by molar-refractivity contribution is 5.30. The summed E-state index contributed by atoms with van der Waals surface area (Å²) in [7, 11) is 6.07. The first kappa shape index (κ1) is 14.3. The van der Waals surface area contributed by atoms with Gasteiger partial charge < -0.3 is 19.5 Å². The van der Waals surface area contributed by atoms with E-state index in [1.807, 2.05) is 6.92 Å². The maximum Gasteiger partial charge on any atom is 0.203 e. The van der Waals surface area contributed by atoms with E-state index in [1.54, 1.807) is 7.11 Å². The number of aryl methyl sites for hydroxylation is 1. The first-order valence-corrected chi connectivity index (χ1v) is 7.01. The molecule has 1 fully saturated rings. The Morgan fingerprint density at radius 3 is 2.74 bits per heavy atom. The van der Waals surface area contributed by atoms with Crippen molar-refractivity contribution < 1.29 is 4.74 Å². The van der Waals surface area contributed by atoms with Crippen LogP contribution in [0, 0.1) is 6.92 Å². The summed E-state index contributed by atoms with van der Waals surface area (Å²) in [5.74, 6) is 0.961. The Balaban J connectivity index is 1.98. The molecule has 0 unspecified atom stereocenters. The first-order valence-electron chi connectivity index (χ1n) is 7.01. The lowest BCUT2D eigenvalue weighted by Gasteiger charge is -2.47. The van der Waals surface area contributed by atoms with Crippen molar-refractivity contribution in [3.05, 3.63) is 11.9 Å². The average molecular weight is 266 g/mol. The summed E-state index contributed by atoms with van der Waals surface area (Å²) in [6.45, 7) is 4.54. The van der Waals surface area contributed by atoms with Gasteiger partial charge in [0.15, 0.2) is 0 Å². The number of aromatic nitrogens is 2. The summed E-state index contributed by atoms with van der Waals surface area (Å²) in [5, 5.41) is 3.52. The number of hydrogen-bond donors (Lipinski definition) is 1. The Kier molecular flexibility index (Phi) is 4.47. The summed E-state index contributed by atoms with van der Waals surface area (Å²) in [6.07, 6.45) is 5.94. The number of anilines is 1. The molecule has 0 atom stereocenters. The van der Waals surface area contributed by atoms with Crippen molar-refractivity contribution in [3.63, 3.8) is 0 Å². The molecule has 5 heteroatoms. The van der Waals surface area contributed by atoms with Crippen LogP contribution in [0.4, 0.5) is 5.95 Å². The molecule has 1 heterocycles. The third-order valence-electron chi connectivity index (χ3n) is 4.24. The minimum Gasteiger partial charge on any atom is -0.383 e. The van der Waals surface area contributed by atoms with E-state index in [0.29, 0.717) is 12.1 Å². The summed E-state index contributed by atoms with van der Waals surface area (Å²) in [6, 6.07) is 0. The lowest BCUT2D eigenvalue weighted by atomic mass is 9.75. The zero-order valence-corrected chi connectivity index (χ0v) is 12.6. The number of likely N-dealkylation sites (N-methyl/N-ethyl adjacent to an activating group) is 1. The average Bonchev–Trinajstić information content (AvgIpc) is 2.65. The Hall–Kier alpha value is -1.07. The zero-order chi connectivity index (χ0) is 13.9. The van der Waals surface area contributed by atoms with Crippen LogP contribution in [0.2, 0.25) is 0 Å². The van der Waals surface area contributed by atoms with Crippen LogP contribution in [0.25, 0.3) is 0 Å². The van der Waals surface area contributed by atoms with E-state index in [1.165, 1.54) is 19.3 Å². The standard InChI is InChI=1S/C14H26N4O/c1-12-10-18(8-9-19-4)13(16-12)15-11-14(17(2)3)6-5-7-14/h10H,5-9,11H2,1-4H3,(H,15,16). The quantitative estimate of drug-likeness (QED) is 0.816. The number of nitrogens with one attached hydrogen (secondary N) is 1. The number of hydrogen-bond acceptors (Lipinski definition) is 4. The smallest absolute Gasteiger partial charge is 0.203 e. The molecule has 108 valence electrons. The number of rotatable bonds is 7. The molecule has 0 saturated heterocycles. The van der Waals surface area contributed by atoms with Gasteiger partial charge in [0.25, 0.3) is 0 Å². The van der Waals surface area contributed by atoms with E-state index in [4.69, 9.17) is 4.74 Å². The molecular weight excluding hydrogens is 240 g/mol. The van der Waals surface area contributed by atoms with Gasteiger partial charge >= 0.3 is 0 Å². The van der Waals surface area contributed by atoms with E-state index in [9.17, 15) is 0 Å². The SMILES string of the molecule is COCCn1cc(C)nc1NCC1(N(C)C)CCC1. The molecule has 0 aromatic carbocycles. The first-order chi connectivity index (χ1) is 9.07. The Morgan fingerprint density at radius 2 is 2.21 bits per heavy atom. The summed E-state index contributed by atoms with van der Waals surface area (Å²) in [4.78, 5) is 6.91. The van der Waals surface area contributed by atoms with Gasteiger partial charge in [-0.1, -0.05) is 0 Å². The maximum atomic E-state index is 5.14. The van der Waals surface area contributed by atoms with E-state index < -0.39 is 0 Å². The fraction of sp³-hybridized carbons (Fsp3) is 0.786. The van der Waals surface area contributed by atoms with Gasteiger partial charge in [0.1, 0.15) is 0 Å². The predicted octanol–water partition coefficient (Wildman–Crippen LogP) is 1.73. The van der Waals surface area contributed by atoms with Crippen LogP contribution >= 0.6 is 0 Å². The van der Waals surface area contributed by atoms with Gasteiger partial charge in [-0.05, 0) is 40.3 Å². The molecule has 1 aliphatic rings. The summed E-state index contributed by atoms with van der Waals surface area (Å²) >= 11 is 0. The predicted molar refractivity (Wildman–Crippen MR) is 77.6 cm³/mol. The second-order valence-electron chi connectivity index (χ2n) is 5.72. The number of imidazole rings is 1. The van der Waals surface area contributed by atoms with Crippen LogP contribution < -0.4 is 5.32 Å². The maximum absolute atomic E-state index is 5.14. The molecule has 5 nitrogen and oxygen atoms in total. The molecule has 0 radical (unpaired) electrons. The Bertz CT molecular complexity index is 410. The summed E-state index contributed by atoms with van der Waals surface area (Å²) in [5.41, 5.74) is 1.36. The third kappa shape index (κ3) is 3.09. The van der Waals surface area contributed by atoms with Crippen molar-refractivity contribution in [2.24, 2.45) is 0 Å². The molecule has 1 aliphatic carbocycles. The number of methoxy groups -OCH3 is 1. The topological polar surface area (TPSA) is 42.3 Å². The van der Waals surface area contributed by atoms with Gasteiger partial charge in [-0.15, -0.1) is 0 Å². The van der Waals surface area contributed by atoms with Gasteiger partial charge in [0.2, 0.25) is 5.95 Å². The molecule has 2 rings (SSSR count). The Labute approximate surface area is 116 Å². The monoisotopic (exact) mass is 266 g/mol. The molecule has 1 saturated carbocycles. The number of nitrogens with zero attached hydrogens (tertiary/aromatic N) is 3. The van der Waals surface area contributed by atoms with Gasteiger partial charge in [-0.3, -0.25) is 0 Å². The minimum atomic E-state index is 0.311. The van der Waals surface area contributed by atoms with Crippen molar-refractivity contribution in [3.8, 4) is 0 Å². The second kappa shape index (κ2) is 5.92. The molecule has 1 N–H and O–H groups in total. The van der Waals surface area contributed by atoms with Crippen LogP contribution in [0.5, 0.6) is 0 Å². The van der Waals surface area contributed by atoms with Crippen molar-refractivity contribution in [2.45, 2.75) is 38.3 Å². The summed E-state index contributed by atoms with van der Waals surface area (Å²) < 4.78 is 7.28.